The van der Waals surface area contributed by atoms with E-state index in [2.05, 4.69) is 10.7 Å². The quantitative estimate of drug-likeness (QED) is 0.886. The van der Waals surface area contributed by atoms with E-state index in [1.165, 1.54) is 32.1 Å². The Labute approximate surface area is 119 Å². The van der Waals surface area contributed by atoms with Gasteiger partial charge in [-0.05, 0) is 78.2 Å². The van der Waals surface area contributed by atoms with Crippen LogP contribution in [-0.4, -0.2) is 17.7 Å². The summed E-state index contributed by atoms with van der Waals surface area (Å²) in [6, 6.07) is 2.72. The molecule has 19 heavy (non-hydrogen) atoms. The first-order valence-electron chi connectivity index (χ1n) is 7.73. The van der Waals surface area contributed by atoms with Gasteiger partial charge in [0.25, 0.3) is 0 Å². The summed E-state index contributed by atoms with van der Waals surface area (Å²) in [4.78, 5) is 0. The molecule has 4 aliphatic rings. The van der Waals surface area contributed by atoms with Crippen LogP contribution in [0.25, 0.3) is 0 Å². The number of aliphatic hydroxyl groups is 1. The van der Waals surface area contributed by atoms with Crippen molar-refractivity contribution in [3.63, 3.8) is 0 Å². The molecule has 4 bridgehead atoms. The van der Waals surface area contributed by atoms with E-state index in [1.807, 2.05) is 11.4 Å². The number of rotatable bonds is 4. The number of aliphatic hydroxyl groups excluding tert-OH is 1. The van der Waals surface area contributed by atoms with Gasteiger partial charge in [-0.25, -0.2) is 0 Å². The monoisotopic (exact) mass is 277 g/mol. The van der Waals surface area contributed by atoms with E-state index in [0.29, 0.717) is 6.04 Å². The summed E-state index contributed by atoms with van der Waals surface area (Å²) in [5.74, 6) is 3.85. The van der Waals surface area contributed by atoms with E-state index in [9.17, 15) is 5.11 Å². The molecule has 2 N–H and O–H groups in total. The fraction of sp³-hybridized carbons (Fsp3) is 0.750. The van der Waals surface area contributed by atoms with Gasteiger partial charge in [0.1, 0.15) is 0 Å². The van der Waals surface area contributed by atoms with Crippen molar-refractivity contribution >= 4 is 11.3 Å². The fourth-order valence-corrected chi connectivity index (χ4v) is 5.80. The fourth-order valence-electron chi connectivity index (χ4n) is 5.09. The van der Waals surface area contributed by atoms with Crippen molar-refractivity contribution in [2.24, 2.45) is 23.7 Å². The van der Waals surface area contributed by atoms with E-state index in [0.717, 1.165) is 35.8 Å². The summed E-state index contributed by atoms with van der Waals surface area (Å²) < 4.78 is 0. The third-order valence-corrected chi connectivity index (χ3v) is 6.40. The smallest absolute Gasteiger partial charge is 0.0922 e. The molecule has 0 radical (unpaired) electrons. The highest BCUT2D eigenvalue weighted by Crippen LogP contribution is 2.53. The SMILES string of the molecule is OC(CNC1C2CC3CC(C2)CC1C3)c1ccsc1. The molecule has 1 aromatic heterocycles. The third-order valence-electron chi connectivity index (χ3n) is 5.70. The molecule has 3 heteroatoms. The number of thiophene rings is 1. The van der Waals surface area contributed by atoms with Crippen molar-refractivity contribution in [3.8, 4) is 0 Å². The predicted octanol–water partition coefficient (Wildman–Crippen LogP) is 3.20. The summed E-state index contributed by atoms with van der Waals surface area (Å²) in [6.07, 6.45) is 6.96. The maximum Gasteiger partial charge on any atom is 0.0922 e. The Balaban J connectivity index is 1.38. The van der Waals surface area contributed by atoms with Gasteiger partial charge in [-0.1, -0.05) is 0 Å². The van der Waals surface area contributed by atoms with Crippen LogP contribution in [0.1, 0.15) is 43.8 Å². The van der Waals surface area contributed by atoms with Gasteiger partial charge < -0.3 is 10.4 Å². The molecule has 0 amide bonds. The highest BCUT2D eigenvalue weighted by molar-refractivity contribution is 7.07. The number of hydrogen-bond donors (Lipinski definition) is 2. The Morgan fingerprint density at radius 2 is 1.84 bits per heavy atom. The van der Waals surface area contributed by atoms with Gasteiger partial charge in [0.2, 0.25) is 0 Å². The van der Waals surface area contributed by atoms with Crippen molar-refractivity contribution in [3.05, 3.63) is 22.4 Å². The van der Waals surface area contributed by atoms with Crippen LogP contribution < -0.4 is 5.32 Å². The largest absolute Gasteiger partial charge is 0.387 e. The molecule has 4 saturated carbocycles. The zero-order chi connectivity index (χ0) is 12.8. The Morgan fingerprint density at radius 1 is 1.16 bits per heavy atom. The zero-order valence-corrected chi connectivity index (χ0v) is 12.1. The average Bonchev–Trinajstić information content (AvgIpc) is 2.90. The summed E-state index contributed by atoms with van der Waals surface area (Å²) in [5.41, 5.74) is 1.07. The predicted molar refractivity (Wildman–Crippen MR) is 78.1 cm³/mol. The van der Waals surface area contributed by atoms with Gasteiger partial charge in [0, 0.05) is 12.6 Å². The standard InChI is InChI=1S/C16H23NOS/c18-15(12-1-2-19-9-12)8-17-16-13-4-10-3-11(6-13)7-14(16)5-10/h1-2,9-11,13-18H,3-8H2. The Bertz CT molecular complexity index is 402. The molecule has 1 aromatic rings. The van der Waals surface area contributed by atoms with Crippen molar-refractivity contribution < 1.29 is 5.11 Å². The Morgan fingerprint density at radius 3 is 2.42 bits per heavy atom. The maximum absolute atomic E-state index is 10.2. The molecule has 5 rings (SSSR count). The second kappa shape index (κ2) is 4.87. The summed E-state index contributed by atoms with van der Waals surface area (Å²) in [5, 5.41) is 18.0. The second-order valence-electron chi connectivity index (χ2n) is 6.94. The molecular weight excluding hydrogens is 254 g/mol. The molecule has 0 aliphatic heterocycles. The van der Waals surface area contributed by atoms with E-state index in [4.69, 9.17) is 0 Å². The molecular formula is C16H23NOS. The Kier molecular flexibility index (Phi) is 3.17. The minimum Gasteiger partial charge on any atom is -0.387 e. The van der Waals surface area contributed by atoms with E-state index < -0.39 is 0 Å². The van der Waals surface area contributed by atoms with Gasteiger partial charge in [-0.3, -0.25) is 0 Å². The first-order chi connectivity index (χ1) is 9.29. The molecule has 0 aromatic carbocycles. The first-order valence-corrected chi connectivity index (χ1v) is 8.67. The van der Waals surface area contributed by atoms with E-state index in [1.54, 1.807) is 11.3 Å². The van der Waals surface area contributed by atoms with Crippen LogP contribution in [0.4, 0.5) is 0 Å². The number of nitrogens with one attached hydrogen (secondary N) is 1. The lowest BCUT2D eigenvalue weighted by atomic mass is 9.54. The average molecular weight is 277 g/mol. The molecule has 1 heterocycles. The highest BCUT2D eigenvalue weighted by Gasteiger charge is 2.47. The lowest BCUT2D eigenvalue weighted by Gasteiger charge is -2.54. The lowest BCUT2D eigenvalue weighted by Crippen LogP contribution is -2.55. The highest BCUT2D eigenvalue weighted by atomic mass is 32.1. The van der Waals surface area contributed by atoms with Crippen LogP contribution in [0.5, 0.6) is 0 Å². The Hall–Kier alpha value is -0.380. The molecule has 4 fully saturated rings. The van der Waals surface area contributed by atoms with Crippen molar-refractivity contribution in [1.29, 1.82) is 0 Å². The summed E-state index contributed by atoms with van der Waals surface area (Å²) in [6.45, 7) is 0.726. The minimum absolute atomic E-state index is 0.330. The van der Waals surface area contributed by atoms with E-state index >= 15 is 0 Å². The van der Waals surface area contributed by atoms with Gasteiger partial charge in [-0.15, -0.1) is 0 Å². The van der Waals surface area contributed by atoms with Crippen molar-refractivity contribution in [1.82, 2.24) is 5.32 Å². The first kappa shape index (κ1) is 12.4. The molecule has 2 nitrogen and oxygen atoms in total. The molecule has 1 atom stereocenters. The van der Waals surface area contributed by atoms with Crippen LogP contribution in [0, 0.1) is 23.7 Å². The topological polar surface area (TPSA) is 32.3 Å². The molecule has 0 saturated heterocycles. The van der Waals surface area contributed by atoms with Gasteiger partial charge in [0.15, 0.2) is 0 Å². The van der Waals surface area contributed by atoms with Crippen LogP contribution in [-0.2, 0) is 0 Å². The lowest BCUT2D eigenvalue weighted by molar-refractivity contribution is -0.0173. The molecule has 104 valence electrons. The third kappa shape index (κ3) is 2.26. The van der Waals surface area contributed by atoms with Crippen LogP contribution in [0.15, 0.2) is 16.8 Å². The van der Waals surface area contributed by atoms with Gasteiger partial charge >= 0.3 is 0 Å². The zero-order valence-electron chi connectivity index (χ0n) is 11.3. The molecule has 1 unspecified atom stereocenters. The van der Waals surface area contributed by atoms with Gasteiger partial charge in [-0.2, -0.15) is 11.3 Å². The maximum atomic E-state index is 10.2. The number of hydrogen-bond acceptors (Lipinski definition) is 3. The van der Waals surface area contributed by atoms with Gasteiger partial charge in [0.05, 0.1) is 6.10 Å². The van der Waals surface area contributed by atoms with Crippen molar-refractivity contribution in [2.45, 2.75) is 44.2 Å². The van der Waals surface area contributed by atoms with Crippen LogP contribution in [0.2, 0.25) is 0 Å². The summed E-state index contributed by atoms with van der Waals surface area (Å²) in [7, 11) is 0. The summed E-state index contributed by atoms with van der Waals surface area (Å²) >= 11 is 1.66. The normalized spacial score (nSPS) is 41.6. The van der Waals surface area contributed by atoms with Crippen molar-refractivity contribution in [2.75, 3.05) is 6.54 Å². The van der Waals surface area contributed by atoms with Crippen LogP contribution >= 0.6 is 11.3 Å². The van der Waals surface area contributed by atoms with E-state index in [-0.39, 0.29) is 6.10 Å². The van der Waals surface area contributed by atoms with Crippen LogP contribution in [0.3, 0.4) is 0 Å². The second-order valence-corrected chi connectivity index (χ2v) is 7.72. The molecule has 4 aliphatic carbocycles. The minimum atomic E-state index is -0.330. The molecule has 0 spiro atoms.